The van der Waals surface area contributed by atoms with Gasteiger partial charge < -0.3 is 15.5 Å². The van der Waals surface area contributed by atoms with Gasteiger partial charge in [0.1, 0.15) is 5.82 Å². The van der Waals surface area contributed by atoms with Crippen molar-refractivity contribution >= 4 is 27.2 Å². The van der Waals surface area contributed by atoms with E-state index in [1.54, 1.807) is 18.3 Å². The molecule has 0 amide bonds. The maximum atomic E-state index is 12.9. The summed E-state index contributed by atoms with van der Waals surface area (Å²) < 4.78 is 64.4. The van der Waals surface area contributed by atoms with Crippen LogP contribution in [-0.4, -0.2) is 60.8 Å². The number of hydrogen-bond acceptors (Lipinski definition) is 8. The van der Waals surface area contributed by atoms with Crippen molar-refractivity contribution in [2.75, 3.05) is 34.3 Å². The zero-order valence-electron chi connectivity index (χ0n) is 22.7. The van der Waals surface area contributed by atoms with Crippen LogP contribution in [-0.2, 0) is 16.2 Å². The highest BCUT2D eigenvalue weighted by Crippen LogP contribution is 2.29. The van der Waals surface area contributed by atoms with Crippen LogP contribution in [0.2, 0.25) is 0 Å². The molecule has 3 aromatic rings. The number of pyridine rings is 1. The van der Waals surface area contributed by atoms with Crippen LogP contribution >= 0.6 is 0 Å². The summed E-state index contributed by atoms with van der Waals surface area (Å²) in [6, 6.07) is 11.7. The summed E-state index contributed by atoms with van der Waals surface area (Å²) in [5, 5.41) is 7.44. The van der Waals surface area contributed by atoms with Gasteiger partial charge in [-0.25, -0.2) is 23.4 Å². The SMILES string of the molecule is CS(=O)(=O)Nc1cccc(-c2ccnc(NC3CCCCC3NC3CCCN(c4cnc(C(F)(F)F)nc4)C3)c2)c1. The number of nitrogens with one attached hydrogen (secondary N) is 3. The van der Waals surface area contributed by atoms with Crippen molar-refractivity contribution in [1.82, 2.24) is 20.3 Å². The van der Waals surface area contributed by atoms with E-state index in [2.05, 4.69) is 30.3 Å². The lowest BCUT2D eigenvalue weighted by Crippen LogP contribution is -2.55. The molecule has 13 heteroatoms. The van der Waals surface area contributed by atoms with E-state index >= 15 is 0 Å². The predicted molar refractivity (Wildman–Crippen MR) is 153 cm³/mol. The molecule has 3 atom stereocenters. The van der Waals surface area contributed by atoms with E-state index in [4.69, 9.17) is 0 Å². The van der Waals surface area contributed by atoms with Gasteiger partial charge in [-0.15, -0.1) is 0 Å². The number of sulfonamides is 1. The molecule has 2 aliphatic rings. The first-order chi connectivity index (χ1) is 19.5. The first kappa shape index (κ1) is 29.1. The van der Waals surface area contributed by atoms with Crippen LogP contribution in [0.5, 0.6) is 0 Å². The number of alkyl halides is 3. The molecular formula is C28H34F3N7O2S. The summed E-state index contributed by atoms with van der Waals surface area (Å²) in [6.07, 6.45) is 6.94. The molecule has 2 aromatic heterocycles. The Labute approximate surface area is 238 Å². The van der Waals surface area contributed by atoms with E-state index in [1.165, 1.54) is 12.4 Å². The quantitative estimate of drug-likeness (QED) is 0.340. The highest BCUT2D eigenvalue weighted by molar-refractivity contribution is 7.92. The molecule has 1 aromatic carbocycles. The second-order valence-corrected chi connectivity index (χ2v) is 12.5. The molecule has 9 nitrogen and oxygen atoms in total. The first-order valence-electron chi connectivity index (χ1n) is 13.7. The van der Waals surface area contributed by atoms with E-state index in [0.717, 1.165) is 68.3 Å². The fraction of sp³-hybridized carbons (Fsp3) is 0.464. The number of hydrogen-bond donors (Lipinski definition) is 3. The number of halogens is 3. The van der Waals surface area contributed by atoms with E-state index in [0.29, 0.717) is 17.9 Å². The van der Waals surface area contributed by atoms with Crippen LogP contribution in [0.15, 0.2) is 55.0 Å². The van der Waals surface area contributed by atoms with Gasteiger partial charge in [-0.3, -0.25) is 4.72 Å². The van der Waals surface area contributed by atoms with Crippen LogP contribution < -0.4 is 20.3 Å². The molecule has 1 saturated heterocycles. The Balaban J connectivity index is 1.24. The highest BCUT2D eigenvalue weighted by Gasteiger charge is 2.35. The molecule has 3 heterocycles. The van der Waals surface area contributed by atoms with Gasteiger partial charge in [0.2, 0.25) is 15.8 Å². The molecule has 0 bridgehead atoms. The van der Waals surface area contributed by atoms with Crippen molar-refractivity contribution in [1.29, 1.82) is 0 Å². The summed E-state index contributed by atoms with van der Waals surface area (Å²) in [5.74, 6) is -0.380. The van der Waals surface area contributed by atoms with Gasteiger partial charge in [0.15, 0.2) is 0 Å². The first-order valence-corrected chi connectivity index (χ1v) is 15.6. The van der Waals surface area contributed by atoms with Gasteiger partial charge in [-0.1, -0.05) is 25.0 Å². The number of piperidine rings is 1. The Bertz CT molecular complexity index is 1440. The third-order valence-electron chi connectivity index (χ3n) is 7.49. The molecule has 0 radical (unpaired) electrons. The van der Waals surface area contributed by atoms with Crippen molar-refractivity contribution in [2.45, 2.75) is 62.8 Å². The van der Waals surface area contributed by atoms with Crippen LogP contribution in [0.4, 0.5) is 30.4 Å². The Hall–Kier alpha value is -3.45. The van der Waals surface area contributed by atoms with Crippen molar-refractivity contribution in [2.24, 2.45) is 0 Å². The van der Waals surface area contributed by atoms with Gasteiger partial charge in [0, 0.05) is 43.1 Å². The summed E-state index contributed by atoms with van der Waals surface area (Å²) >= 11 is 0. The van der Waals surface area contributed by atoms with Crippen molar-refractivity contribution in [3.8, 4) is 11.1 Å². The third kappa shape index (κ3) is 7.85. The summed E-state index contributed by atoms with van der Waals surface area (Å²) in [7, 11) is -3.38. The molecular weight excluding hydrogens is 555 g/mol. The van der Waals surface area contributed by atoms with E-state index in [1.807, 2.05) is 29.2 Å². The Morgan fingerprint density at radius 2 is 1.66 bits per heavy atom. The summed E-state index contributed by atoms with van der Waals surface area (Å²) in [5.41, 5.74) is 2.88. The minimum Gasteiger partial charge on any atom is -0.367 e. The Morgan fingerprint density at radius 1 is 0.927 bits per heavy atom. The number of rotatable bonds is 8. The molecule has 1 aliphatic heterocycles. The normalized spacial score (nSPS) is 21.9. The zero-order chi connectivity index (χ0) is 29.0. The lowest BCUT2D eigenvalue weighted by Gasteiger charge is -2.40. The lowest BCUT2D eigenvalue weighted by atomic mass is 9.89. The summed E-state index contributed by atoms with van der Waals surface area (Å²) in [4.78, 5) is 13.6. The molecule has 1 aliphatic carbocycles. The highest BCUT2D eigenvalue weighted by atomic mass is 32.2. The Morgan fingerprint density at radius 3 is 2.39 bits per heavy atom. The second kappa shape index (κ2) is 12.2. The van der Waals surface area contributed by atoms with E-state index < -0.39 is 22.0 Å². The third-order valence-corrected chi connectivity index (χ3v) is 8.09. The largest absolute Gasteiger partial charge is 0.451 e. The van der Waals surface area contributed by atoms with Crippen LogP contribution in [0.3, 0.4) is 0 Å². The fourth-order valence-electron chi connectivity index (χ4n) is 5.64. The van der Waals surface area contributed by atoms with E-state index in [9.17, 15) is 21.6 Å². The molecule has 41 heavy (non-hydrogen) atoms. The number of benzene rings is 1. The molecule has 3 N–H and O–H groups in total. The minimum atomic E-state index is -4.55. The van der Waals surface area contributed by atoms with Gasteiger partial charge in [0.05, 0.1) is 24.3 Å². The average molecular weight is 590 g/mol. The van der Waals surface area contributed by atoms with Gasteiger partial charge >= 0.3 is 6.18 Å². The second-order valence-electron chi connectivity index (χ2n) is 10.7. The van der Waals surface area contributed by atoms with Gasteiger partial charge in [-0.2, -0.15) is 13.2 Å². The minimum absolute atomic E-state index is 0.162. The molecule has 220 valence electrons. The lowest BCUT2D eigenvalue weighted by molar-refractivity contribution is -0.145. The number of nitrogens with zero attached hydrogens (tertiary/aromatic N) is 4. The van der Waals surface area contributed by atoms with Crippen LogP contribution in [0.1, 0.15) is 44.3 Å². The van der Waals surface area contributed by atoms with Crippen molar-refractivity contribution < 1.29 is 21.6 Å². The van der Waals surface area contributed by atoms with Crippen LogP contribution in [0.25, 0.3) is 11.1 Å². The number of aromatic nitrogens is 3. The van der Waals surface area contributed by atoms with Crippen molar-refractivity contribution in [3.63, 3.8) is 0 Å². The molecule has 2 fully saturated rings. The Kier molecular flexibility index (Phi) is 8.64. The van der Waals surface area contributed by atoms with Crippen LogP contribution in [0, 0.1) is 0 Å². The maximum absolute atomic E-state index is 12.9. The average Bonchev–Trinajstić information content (AvgIpc) is 2.93. The summed E-state index contributed by atoms with van der Waals surface area (Å²) in [6.45, 7) is 1.42. The molecule has 1 saturated carbocycles. The maximum Gasteiger partial charge on any atom is 0.451 e. The topological polar surface area (TPSA) is 112 Å². The fourth-order valence-corrected chi connectivity index (χ4v) is 6.19. The zero-order valence-corrected chi connectivity index (χ0v) is 23.5. The molecule has 0 spiro atoms. The van der Waals surface area contributed by atoms with E-state index in [-0.39, 0.29) is 18.1 Å². The standard InChI is InChI=1S/C28H34F3N7O2S/c1-41(39,40)37-21-7-4-6-19(14-21)20-11-12-32-26(15-20)36-25-10-3-2-9-24(25)35-22-8-5-13-38(18-22)23-16-33-27(34-17-23)28(29,30)31/h4,6-7,11-12,14-17,22,24-25,35,37H,2-3,5,8-10,13,18H2,1H3,(H,32,36). The predicted octanol–water partition coefficient (Wildman–Crippen LogP) is 4.91. The smallest absolute Gasteiger partial charge is 0.367 e. The molecule has 5 rings (SSSR count). The molecule has 3 unspecified atom stereocenters. The van der Waals surface area contributed by atoms with Gasteiger partial charge in [-0.05, 0) is 61.1 Å². The number of anilines is 3. The monoisotopic (exact) mass is 589 g/mol. The van der Waals surface area contributed by atoms with Gasteiger partial charge in [0.25, 0.3) is 0 Å². The van der Waals surface area contributed by atoms with Crippen molar-refractivity contribution in [3.05, 3.63) is 60.8 Å².